The second-order valence-corrected chi connectivity index (χ2v) is 9.79. The maximum Gasteiger partial charge on any atom is 0.244 e. The minimum atomic E-state index is -3.79. The van der Waals surface area contributed by atoms with Crippen LogP contribution in [0.2, 0.25) is 5.02 Å². The Kier molecular flexibility index (Phi) is 9.09. The number of hydrogen-bond acceptors (Lipinski definition) is 4. The summed E-state index contributed by atoms with van der Waals surface area (Å²) < 4.78 is 26.3. The highest BCUT2D eigenvalue weighted by atomic mass is 35.5. The predicted octanol–water partition coefficient (Wildman–Crippen LogP) is 3.36. The number of carbonyl (C=O) groups excluding carboxylic acids is 2. The van der Waals surface area contributed by atoms with Crippen LogP contribution in [0.15, 0.2) is 48.5 Å². The summed E-state index contributed by atoms with van der Waals surface area (Å²) in [6.07, 6.45) is 1.43. The molecule has 9 heteroatoms. The molecule has 0 bridgehead atoms. The standard InChI is InChI=1S/C23H30ClN3O4S/c1-5-20(23(29)25-6-2)26(15-18-11-8-7-9-12-18)22(28)16-27(32(4,30)31)21-14-10-13-19(24)17(21)3/h7-14,20H,5-6,15-16H2,1-4H3,(H,25,29)/t20-/m1/s1. The van der Waals surface area contributed by atoms with E-state index in [1.54, 1.807) is 32.0 Å². The van der Waals surface area contributed by atoms with E-state index in [4.69, 9.17) is 11.6 Å². The van der Waals surface area contributed by atoms with Gasteiger partial charge in [0.25, 0.3) is 0 Å². The molecular formula is C23H30ClN3O4S. The largest absolute Gasteiger partial charge is 0.355 e. The number of rotatable bonds is 10. The van der Waals surface area contributed by atoms with Gasteiger partial charge in [0, 0.05) is 18.1 Å². The highest BCUT2D eigenvalue weighted by molar-refractivity contribution is 7.92. The van der Waals surface area contributed by atoms with Gasteiger partial charge in [0.1, 0.15) is 12.6 Å². The number of sulfonamides is 1. The SMILES string of the molecule is CCNC(=O)[C@@H](CC)N(Cc1ccccc1)C(=O)CN(c1cccc(Cl)c1C)S(C)(=O)=O. The van der Waals surface area contributed by atoms with Gasteiger partial charge in [-0.2, -0.15) is 0 Å². The smallest absolute Gasteiger partial charge is 0.244 e. The number of carbonyl (C=O) groups is 2. The zero-order chi connectivity index (χ0) is 23.9. The predicted molar refractivity (Wildman–Crippen MR) is 128 cm³/mol. The van der Waals surface area contributed by atoms with Crippen LogP contribution in [-0.4, -0.2) is 50.5 Å². The van der Waals surface area contributed by atoms with Crippen molar-refractivity contribution in [3.05, 3.63) is 64.7 Å². The summed E-state index contributed by atoms with van der Waals surface area (Å²) in [5.41, 5.74) is 1.73. The summed E-state index contributed by atoms with van der Waals surface area (Å²) in [5, 5.41) is 3.17. The van der Waals surface area contributed by atoms with E-state index < -0.39 is 28.5 Å². The van der Waals surface area contributed by atoms with Gasteiger partial charge in [-0.1, -0.05) is 54.9 Å². The molecule has 0 aliphatic carbocycles. The summed E-state index contributed by atoms with van der Waals surface area (Å²) in [5.74, 6) is -0.749. The first kappa shape index (κ1) is 25.7. The molecule has 0 radical (unpaired) electrons. The van der Waals surface area contributed by atoms with Crippen molar-refractivity contribution in [2.45, 2.75) is 39.8 Å². The van der Waals surface area contributed by atoms with Crippen LogP contribution in [-0.2, 0) is 26.2 Å². The molecule has 0 saturated carbocycles. The van der Waals surface area contributed by atoms with Crippen molar-refractivity contribution in [1.82, 2.24) is 10.2 Å². The third kappa shape index (κ3) is 6.46. The lowest BCUT2D eigenvalue weighted by molar-refractivity contribution is -0.140. The van der Waals surface area contributed by atoms with Crippen molar-refractivity contribution in [1.29, 1.82) is 0 Å². The summed E-state index contributed by atoms with van der Waals surface area (Å²) in [7, 11) is -3.79. The molecule has 0 heterocycles. The van der Waals surface area contributed by atoms with E-state index in [2.05, 4.69) is 5.32 Å². The van der Waals surface area contributed by atoms with Gasteiger partial charge < -0.3 is 10.2 Å². The summed E-state index contributed by atoms with van der Waals surface area (Å²) in [6.45, 7) is 5.50. The fraction of sp³-hybridized carbons (Fsp3) is 0.391. The van der Waals surface area contributed by atoms with Crippen LogP contribution in [0.3, 0.4) is 0 Å². The molecule has 2 aromatic carbocycles. The minimum Gasteiger partial charge on any atom is -0.355 e. The number of benzene rings is 2. The molecule has 174 valence electrons. The Morgan fingerprint density at radius 3 is 2.28 bits per heavy atom. The summed E-state index contributed by atoms with van der Waals surface area (Å²) in [6, 6.07) is 13.5. The highest BCUT2D eigenvalue weighted by Gasteiger charge is 2.32. The fourth-order valence-corrected chi connectivity index (χ4v) is 4.52. The van der Waals surface area contributed by atoms with E-state index in [-0.39, 0.29) is 12.5 Å². The molecule has 1 N–H and O–H groups in total. The van der Waals surface area contributed by atoms with Crippen molar-refractivity contribution < 1.29 is 18.0 Å². The number of halogens is 1. The fourth-order valence-electron chi connectivity index (χ4n) is 3.45. The zero-order valence-electron chi connectivity index (χ0n) is 18.8. The molecule has 2 rings (SSSR count). The average molecular weight is 480 g/mol. The summed E-state index contributed by atoms with van der Waals surface area (Å²) in [4.78, 5) is 27.6. The Hall–Kier alpha value is -2.58. The Labute approximate surface area is 195 Å². The third-order valence-corrected chi connectivity index (χ3v) is 6.66. The maximum atomic E-state index is 13.5. The van der Waals surface area contributed by atoms with E-state index in [1.807, 2.05) is 37.3 Å². The molecule has 0 fully saturated rings. The summed E-state index contributed by atoms with van der Waals surface area (Å²) >= 11 is 6.19. The van der Waals surface area contributed by atoms with Gasteiger partial charge in [-0.3, -0.25) is 13.9 Å². The Morgan fingerprint density at radius 2 is 1.72 bits per heavy atom. The lowest BCUT2D eigenvalue weighted by Crippen LogP contribution is -2.52. The molecular weight excluding hydrogens is 450 g/mol. The van der Waals surface area contributed by atoms with Crippen molar-refractivity contribution >= 4 is 39.1 Å². The van der Waals surface area contributed by atoms with Crippen LogP contribution in [0.1, 0.15) is 31.4 Å². The molecule has 0 saturated heterocycles. The van der Waals surface area contributed by atoms with Gasteiger partial charge in [0.2, 0.25) is 21.8 Å². The first-order valence-electron chi connectivity index (χ1n) is 10.4. The second kappa shape index (κ2) is 11.3. The molecule has 7 nitrogen and oxygen atoms in total. The molecule has 1 atom stereocenters. The van der Waals surface area contributed by atoms with Crippen LogP contribution >= 0.6 is 11.6 Å². The number of nitrogens with zero attached hydrogens (tertiary/aromatic N) is 2. The maximum absolute atomic E-state index is 13.5. The second-order valence-electron chi connectivity index (χ2n) is 7.48. The number of amides is 2. The van der Waals surface area contributed by atoms with Crippen LogP contribution in [0.5, 0.6) is 0 Å². The lowest BCUT2D eigenvalue weighted by atomic mass is 10.1. The molecule has 0 aromatic heterocycles. The van der Waals surface area contributed by atoms with Gasteiger partial charge in [0.15, 0.2) is 0 Å². The van der Waals surface area contributed by atoms with Gasteiger partial charge in [0.05, 0.1) is 11.9 Å². The Bertz CT molecular complexity index is 1040. The molecule has 32 heavy (non-hydrogen) atoms. The lowest BCUT2D eigenvalue weighted by Gasteiger charge is -2.33. The molecule has 0 aliphatic rings. The van der Waals surface area contributed by atoms with Crippen LogP contribution < -0.4 is 9.62 Å². The molecule has 0 aliphatic heterocycles. The van der Waals surface area contributed by atoms with Crippen molar-refractivity contribution in [3.63, 3.8) is 0 Å². The topological polar surface area (TPSA) is 86.8 Å². The highest BCUT2D eigenvalue weighted by Crippen LogP contribution is 2.28. The number of likely N-dealkylation sites (N-methyl/N-ethyl adjacent to an activating group) is 1. The van der Waals surface area contributed by atoms with E-state index >= 15 is 0 Å². The van der Waals surface area contributed by atoms with E-state index in [0.29, 0.717) is 29.2 Å². The first-order chi connectivity index (χ1) is 15.1. The van der Waals surface area contributed by atoms with Crippen LogP contribution in [0, 0.1) is 6.92 Å². The van der Waals surface area contributed by atoms with Gasteiger partial charge in [-0.05, 0) is 43.5 Å². The Morgan fingerprint density at radius 1 is 1.06 bits per heavy atom. The number of hydrogen-bond donors (Lipinski definition) is 1. The molecule has 2 amide bonds. The van der Waals surface area contributed by atoms with Crippen LogP contribution in [0.4, 0.5) is 5.69 Å². The third-order valence-electron chi connectivity index (χ3n) is 5.12. The number of nitrogens with one attached hydrogen (secondary N) is 1. The molecule has 0 unspecified atom stereocenters. The first-order valence-corrected chi connectivity index (χ1v) is 12.7. The van der Waals surface area contributed by atoms with Crippen molar-refractivity contribution in [2.24, 2.45) is 0 Å². The van der Waals surface area contributed by atoms with E-state index in [9.17, 15) is 18.0 Å². The molecule has 2 aromatic rings. The quantitative estimate of drug-likeness (QED) is 0.566. The monoisotopic (exact) mass is 479 g/mol. The number of anilines is 1. The van der Waals surface area contributed by atoms with Gasteiger partial charge in [-0.25, -0.2) is 8.42 Å². The zero-order valence-corrected chi connectivity index (χ0v) is 20.4. The molecule has 0 spiro atoms. The van der Waals surface area contributed by atoms with Crippen LogP contribution in [0.25, 0.3) is 0 Å². The average Bonchev–Trinajstić information content (AvgIpc) is 2.74. The minimum absolute atomic E-state index is 0.182. The van der Waals surface area contributed by atoms with Gasteiger partial charge in [-0.15, -0.1) is 0 Å². The van der Waals surface area contributed by atoms with Crippen molar-refractivity contribution in [3.8, 4) is 0 Å². The van der Waals surface area contributed by atoms with E-state index in [0.717, 1.165) is 16.1 Å². The normalized spacial score (nSPS) is 12.2. The van der Waals surface area contributed by atoms with E-state index in [1.165, 1.54) is 4.90 Å². The van der Waals surface area contributed by atoms with Crippen molar-refractivity contribution in [2.75, 3.05) is 23.7 Å². The van der Waals surface area contributed by atoms with Gasteiger partial charge >= 0.3 is 0 Å². The Balaban J connectivity index is 2.45.